The Morgan fingerprint density at radius 1 is 1.12 bits per heavy atom. The topological polar surface area (TPSA) is 142 Å². The van der Waals surface area contributed by atoms with Gasteiger partial charge in [0.05, 0.1) is 47.6 Å². The largest absolute Gasteiger partial charge is 0.500 e. The van der Waals surface area contributed by atoms with Crippen LogP contribution in [0.15, 0.2) is 82.1 Å². The smallest absolute Gasteiger partial charge is 0.338 e. The van der Waals surface area contributed by atoms with Crippen molar-refractivity contribution in [3.05, 3.63) is 119 Å². The van der Waals surface area contributed by atoms with E-state index in [-0.39, 0.29) is 28.0 Å². The third-order valence-electron chi connectivity index (χ3n) is 6.57. The number of ether oxygens (including phenoxy) is 3. The predicted octanol–water partition coefficient (Wildman–Crippen LogP) is 3.57. The number of phenolic OH excluding ortho intramolecular Hbond substituents is 1. The lowest BCUT2D eigenvalue weighted by Crippen LogP contribution is -2.40. The highest BCUT2D eigenvalue weighted by Crippen LogP contribution is 2.38. The number of rotatable bonds is 8. The Labute approximate surface area is 243 Å². The second-order valence-corrected chi connectivity index (χ2v) is 10.1. The molecule has 1 aliphatic rings. The van der Waals surface area contributed by atoms with Gasteiger partial charge >= 0.3 is 11.7 Å². The number of methoxy groups -OCH3 is 2. The number of phenols is 1. The quantitative estimate of drug-likeness (QED) is 0.187. The van der Waals surface area contributed by atoms with Gasteiger partial charge in [0, 0.05) is 11.6 Å². The minimum Gasteiger partial charge on any atom is -0.500 e. The molecule has 11 nitrogen and oxygen atoms in total. The summed E-state index contributed by atoms with van der Waals surface area (Å²) in [6, 6.07) is 17.8. The number of nitro benzene ring substituents is 1. The van der Waals surface area contributed by atoms with Crippen molar-refractivity contribution in [2.45, 2.75) is 13.0 Å². The third kappa shape index (κ3) is 5.15. The van der Waals surface area contributed by atoms with Gasteiger partial charge in [0.1, 0.15) is 5.75 Å². The van der Waals surface area contributed by atoms with E-state index < -0.39 is 33.9 Å². The van der Waals surface area contributed by atoms with Crippen molar-refractivity contribution in [1.29, 1.82) is 0 Å². The lowest BCUT2D eigenvalue weighted by molar-refractivity contribution is -0.386. The Morgan fingerprint density at radius 3 is 2.55 bits per heavy atom. The lowest BCUT2D eigenvalue weighted by atomic mass is 9.93. The maximum absolute atomic E-state index is 14.0. The number of hydrogen-bond acceptors (Lipinski definition) is 10. The van der Waals surface area contributed by atoms with Crippen LogP contribution >= 0.6 is 11.3 Å². The first-order valence-corrected chi connectivity index (χ1v) is 13.6. The SMILES string of the molecule is CCOC(=O)C1=C(c2ccccc2)N=c2s/c(=C\c3cc(OC)c(O)c([N+](=O)[O-])c3)c(=O)n2[C@H]1c1cccc(OC)c1. The second kappa shape index (κ2) is 11.7. The minimum atomic E-state index is -0.920. The average molecular weight is 588 g/mol. The van der Waals surface area contributed by atoms with E-state index in [9.17, 15) is 24.8 Å². The second-order valence-electron chi connectivity index (χ2n) is 9.06. The number of thiazole rings is 1. The van der Waals surface area contributed by atoms with E-state index >= 15 is 0 Å². The highest BCUT2D eigenvalue weighted by Gasteiger charge is 2.35. The first-order chi connectivity index (χ1) is 20.3. The first-order valence-electron chi connectivity index (χ1n) is 12.7. The number of nitrogens with zero attached hydrogens (tertiary/aromatic N) is 3. The van der Waals surface area contributed by atoms with Gasteiger partial charge in [-0.25, -0.2) is 9.79 Å². The van der Waals surface area contributed by atoms with E-state index in [1.807, 2.05) is 30.3 Å². The number of carbonyl (C=O) groups is 1. The summed E-state index contributed by atoms with van der Waals surface area (Å²) >= 11 is 1.06. The molecule has 0 spiro atoms. The Morgan fingerprint density at radius 2 is 1.88 bits per heavy atom. The summed E-state index contributed by atoms with van der Waals surface area (Å²) in [6.45, 7) is 1.81. The molecule has 0 unspecified atom stereocenters. The van der Waals surface area contributed by atoms with Crippen LogP contribution in [-0.2, 0) is 9.53 Å². The molecule has 0 amide bonds. The summed E-state index contributed by atoms with van der Waals surface area (Å²) < 4.78 is 17.6. The molecular formula is C30H25N3O8S. The van der Waals surface area contributed by atoms with Gasteiger partial charge in [-0.15, -0.1) is 0 Å². The fourth-order valence-electron chi connectivity index (χ4n) is 4.71. The highest BCUT2D eigenvalue weighted by atomic mass is 32.1. The molecule has 42 heavy (non-hydrogen) atoms. The summed E-state index contributed by atoms with van der Waals surface area (Å²) in [6.07, 6.45) is 1.46. The van der Waals surface area contributed by atoms with Crippen molar-refractivity contribution in [3.63, 3.8) is 0 Å². The number of nitro groups is 1. The maximum Gasteiger partial charge on any atom is 0.338 e. The molecule has 0 saturated heterocycles. The summed E-state index contributed by atoms with van der Waals surface area (Å²) in [5.41, 5.74) is 0.996. The van der Waals surface area contributed by atoms with Crippen LogP contribution in [0.1, 0.15) is 29.7 Å². The van der Waals surface area contributed by atoms with E-state index in [4.69, 9.17) is 19.2 Å². The predicted molar refractivity (Wildman–Crippen MR) is 155 cm³/mol. The van der Waals surface area contributed by atoms with E-state index in [0.29, 0.717) is 27.4 Å². The normalized spacial score (nSPS) is 14.6. The summed E-state index contributed by atoms with van der Waals surface area (Å²) in [5.74, 6) is -0.833. The van der Waals surface area contributed by atoms with Crippen molar-refractivity contribution in [2.24, 2.45) is 4.99 Å². The Hall–Kier alpha value is -5.23. The third-order valence-corrected chi connectivity index (χ3v) is 7.56. The molecule has 5 rings (SSSR count). The fraction of sp³-hybridized carbons (Fsp3) is 0.167. The van der Waals surface area contributed by atoms with Crippen LogP contribution in [0.4, 0.5) is 5.69 Å². The first kappa shape index (κ1) is 28.3. The van der Waals surface area contributed by atoms with Crippen LogP contribution in [0.2, 0.25) is 0 Å². The van der Waals surface area contributed by atoms with Crippen LogP contribution in [0.25, 0.3) is 11.8 Å². The fourth-order valence-corrected chi connectivity index (χ4v) is 5.71. The molecule has 214 valence electrons. The molecule has 0 saturated carbocycles. The molecular weight excluding hydrogens is 562 g/mol. The monoisotopic (exact) mass is 587 g/mol. The van der Waals surface area contributed by atoms with Gasteiger partial charge in [0.25, 0.3) is 5.56 Å². The Kier molecular flexibility index (Phi) is 7.89. The Balaban J connectivity index is 1.83. The molecule has 12 heteroatoms. The van der Waals surface area contributed by atoms with Crippen LogP contribution in [0.3, 0.4) is 0 Å². The molecule has 0 radical (unpaired) electrons. The van der Waals surface area contributed by atoms with Gasteiger partial charge in [0.15, 0.2) is 10.6 Å². The number of fused-ring (bicyclic) bond motifs is 1. The van der Waals surface area contributed by atoms with Crippen LogP contribution in [0, 0.1) is 10.1 Å². The highest BCUT2D eigenvalue weighted by molar-refractivity contribution is 7.07. The van der Waals surface area contributed by atoms with Gasteiger partial charge in [0.2, 0.25) is 5.75 Å². The van der Waals surface area contributed by atoms with Crippen molar-refractivity contribution in [1.82, 2.24) is 4.57 Å². The number of aromatic nitrogens is 1. The zero-order chi connectivity index (χ0) is 30.0. The number of esters is 1. The standard InChI is InChI=1S/C30H25N3O8S/c1-4-41-29(36)24-25(18-9-6-5-7-10-18)31-30-32(26(24)19-11-8-12-20(16-19)39-2)28(35)23(42-30)15-17-13-21(33(37)38)27(34)22(14-17)40-3/h5-16,26,34H,4H2,1-3H3/b23-15-/t26-/m0/s1. The average Bonchev–Trinajstić information content (AvgIpc) is 3.31. The molecule has 0 fully saturated rings. The molecule has 3 aromatic carbocycles. The lowest BCUT2D eigenvalue weighted by Gasteiger charge is -2.26. The molecule has 1 atom stereocenters. The maximum atomic E-state index is 14.0. The van der Waals surface area contributed by atoms with Crippen LogP contribution in [0.5, 0.6) is 17.2 Å². The van der Waals surface area contributed by atoms with Crippen molar-refractivity contribution < 1.29 is 29.0 Å². The molecule has 1 N–H and O–H groups in total. The molecule has 2 heterocycles. The number of carbonyl (C=O) groups excluding carboxylic acids is 1. The molecule has 0 bridgehead atoms. The summed E-state index contributed by atoms with van der Waals surface area (Å²) in [4.78, 5) is 43.5. The number of benzene rings is 3. The van der Waals surface area contributed by atoms with Gasteiger partial charge in [-0.05, 0) is 42.3 Å². The van der Waals surface area contributed by atoms with Crippen LogP contribution < -0.4 is 24.4 Å². The van der Waals surface area contributed by atoms with E-state index in [2.05, 4.69) is 0 Å². The van der Waals surface area contributed by atoms with Crippen LogP contribution in [-0.4, -0.2) is 41.4 Å². The van der Waals surface area contributed by atoms with Crippen molar-refractivity contribution in [2.75, 3.05) is 20.8 Å². The molecule has 0 aliphatic carbocycles. The molecule has 1 aromatic heterocycles. The van der Waals surface area contributed by atoms with E-state index in [0.717, 1.165) is 17.4 Å². The zero-order valence-electron chi connectivity index (χ0n) is 22.8. The number of aromatic hydroxyl groups is 1. The minimum absolute atomic E-state index is 0.112. The number of hydrogen-bond donors (Lipinski definition) is 1. The summed E-state index contributed by atoms with van der Waals surface area (Å²) in [5, 5.41) is 21.7. The van der Waals surface area contributed by atoms with Crippen molar-refractivity contribution in [3.8, 4) is 17.2 Å². The van der Waals surface area contributed by atoms with Gasteiger partial charge in [-0.2, -0.15) is 0 Å². The van der Waals surface area contributed by atoms with Crippen molar-refractivity contribution >= 4 is 34.8 Å². The molecule has 1 aliphatic heterocycles. The van der Waals surface area contributed by atoms with E-state index in [1.165, 1.54) is 30.9 Å². The van der Waals surface area contributed by atoms with E-state index in [1.54, 1.807) is 31.2 Å². The molecule has 4 aromatic rings. The zero-order valence-corrected chi connectivity index (χ0v) is 23.6. The van der Waals surface area contributed by atoms with Gasteiger partial charge in [-0.3, -0.25) is 19.5 Å². The van der Waals surface area contributed by atoms with Gasteiger partial charge < -0.3 is 19.3 Å². The van der Waals surface area contributed by atoms with Gasteiger partial charge in [-0.1, -0.05) is 53.8 Å². The Bertz CT molecular complexity index is 1910. The summed E-state index contributed by atoms with van der Waals surface area (Å²) in [7, 11) is 2.79.